The van der Waals surface area contributed by atoms with Gasteiger partial charge in [0.2, 0.25) is 0 Å². The fourth-order valence-electron chi connectivity index (χ4n) is 4.88. The molecule has 2 aromatic heterocycles. The lowest BCUT2D eigenvalue weighted by atomic mass is 9.68. The Kier molecular flexibility index (Phi) is 5.63. The highest BCUT2D eigenvalue weighted by Gasteiger charge is 2.34. The number of ether oxygens (including phenoxy) is 1. The number of carbonyl (C=O) groups excluding carboxylic acids is 1. The lowest BCUT2D eigenvalue weighted by molar-refractivity contribution is 0.0335. The summed E-state index contributed by atoms with van der Waals surface area (Å²) in [5, 5.41) is 9.22. The van der Waals surface area contributed by atoms with Crippen LogP contribution in [0.5, 0.6) is 0 Å². The number of benzene rings is 2. The zero-order valence-electron chi connectivity index (χ0n) is 19.7. The van der Waals surface area contributed by atoms with E-state index in [1.165, 1.54) is 0 Å². The third kappa shape index (κ3) is 3.85. The van der Waals surface area contributed by atoms with Crippen molar-refractivity contribution in [1.29, 1.82) is 0 Å². The van der Waals surface area contributed by atoms with E-state index < -0.39 is 5.97 Å². The number of nitrogens with zero attached hydrogens (tertiary/aromatic N) is 4. The topological polar surface area (TPSA) is 87.0 Å². The van der Waals surface area contributed by atoms with E-state index in [4.69, 9.17) is 9.72 Å². The van der Waals surface area contributed by atoms with Gasteiger partial charge >= 0.3 is 5.97 Å². The minimum absolute atomic E-state index is 0.165. The van der Waals surface area contributed by atoms with Crippen LogP contribution in [-0.4, -0.2) is 25.9 Å². The Labute approximate surface area is 197 Å². The maximum absolute atomic E-state index is 13.5. The van der Waals surface area contributed by atoms with Crippen LogP contribution in [0.1, 0.15) is 55.2 Å². The first-order chi connectivity index (χ1) is 16.4. The molecule has 0 aliphatic heterocycles. The van der Waals surface area contributed by atoms with Crippen LogP contribution in [0, 0.1) is 11.3 Å². The second-order valence-electron chi connectivity index (χ2n) is 9.68. The summed E-state index contributed by atoms with van der Waals surface area (Å²) >= 11 is 0. The highest BCUT2D eigenvalue weighted by atomic mass is 16.5. The second kappa shape index (κ2) is 8.63. The van der Waals surface area contributed by atoms with Crippen LogP contribution in [0.2, 0.25) is 0 Å². The smallest absolute Gasteiger partial charge is 0.340 e. The first kappa shape index (κ1) is 22.2. The van der Waals surface area contributed by atoms with E-state index in [9.17, 15) is 9.59 Å². The van der Waals surface area contributed by atoms with Gasteiger partial charge in [-0.15, -0.1) is 5.10 Å². The molecule has 174 valence electrons. The van der Waals surface area contributed by atoms with Crippen molar-refractivity contribution in [2.24, 2.45) is 11.3 Å². The molecule has 5 rings (SSSR count). The van der Waals surface area contributed by atoms with Gasteiger partial charge in [-0.1, -0.05) is 62.7 Å². The normalized spacial score (nSPS) is 15.9. The first-order valence-corrected chi connectivity index (χ1v) is 11.8. The predicted molar refractivity (Wildman–Crippen MR) is 131 cm³/mol. The third-order valence-electron chi connectivity index (χ3n) is 7.43. The van der Waals surface area contributed by atoms with Crippen LogP contribution in [0.3, 0.4) is 0 Å². The summed E-state index contributed by atoms with van der Waals surface area (Å²) in [5.41, 5.74) is 3.61. The van der Waals surface area contributed by atoms with E-state index >= 15 is 0 Å². The fraction of sp³-hybridized carbons (Fsp3) is 0.370. The van der Waals surface area contributed by atoms with Gasteiger partial charge in [-0.2, -0.15) is 4.68 Å². The summed E-state index contributed by atoms with van der Waals surface area (Å²) in [6, 6.07) is 14.6. The van der Waals surface area contributed by atoms with Gasteiger partial charge in [0.05, 0.1) is 16.5 Å². The largest absolute Gasteiger partial charge is 0.439 e. The number of aromatic nitrogens is 4. The van der Waals surface area contributed by atoms with Crippen molar-refractivity contribution in [1.82, 2.24) is 20.0 Å². The van der Waals surface area contributed by atoms with E-state index in [0.717, 1.165) is 52.5 Å². The minimum atomic E-state index is -0.466. The number of para-hydroxylation sites is 1. The first-order valence-electron chi connectivity index (χ1n) is 11.8. The maximum atomic E-state index is 13.5. The van der Waals surface area contributed by atoms with Gasteiger partial charge in [-0.05, 0) is 54.4 Å². The number of fused-ring (bicyclic) bond motifs is 3. The van der Waals surface area contributed by atoms with Gasteiger partial charge in [-0.25, -0.2) is 4.79 Å². The Morgan fingerprint density at radius 2 is 1.79 bits per heavy atom. The summed E-state index contributed by atoms with van der Waals surface area (Å²) in [5.74, 6) is -0.0138. The molecule has 1 aliphatic carbocycles. The number of esters is 1. The molecule has 34 heavy (non-hydrogen) atoms. The molecule has 7 nitrogen and oxygen atoms in total. The molecule has 1 unspecified atom stereocenters. The number of rotatable bonds is 5. The number of pyridine rings is 1. The van der Waals surface area contributed by atoms with Crippen LogP contribution in [0.25, 0.3) is 21.8 Å². The molecule has 2 heterocycles. The lowest BCUT2D eigenvalue weighted by Crippen LogP contribution is -2.31. The SMILES string of the molecule is CCC(C)(C)C1CCc2nc3ccccc3c(C(=O)OCn3nnc4ccccc4c3=O)c2C1. The molecule has 4 aromatic rings. The molecule has 2 aromatic carbocycles. The van der Waals surface area contributed by atoms with Crippen molar-refractivity contribution in [3.05, 3.63) is 75.7 Å². The Balaban J connectivity index is 1.52. The average Bonchev–Trinajstić information content (AvgIpc) is 2.86. The molecule has 0 N–H and O–H groups in total. The molecule has 7 heteroatoms. The molecule has 0 amide bonds. The minimum Gasteiger partial charge on any atom is -0.439 e. The number of hydrogen-bond donors (Lipinski definition) is 0. The molecule has 1 aliphatic rings. The summed E-state index contributed by atoms with van der Waals surface area (Å²) in [6.07, 6.45) is 3.74. The molecule has 0 bridgehead atoms. The van der Waals surface area contributed by atoms with Gasteiger partial charge in [0.15, 0.2) is 6.73 Å². The highest BCUT2D eigenvalue weighted by molar-refractivity contribution is 6.05. The Bertz CT molecular complexity index is 1460. The maximum Gasteiger partial charge on any atom is 0.340 e. The lowest BCUT2D eigenvalue weighted by Gasteiger charge is -2.37. The van der Waals surface area contributed by atoms with E-state index in [2.05, 4.69) is 31.1 Å². The van der Waals surface area contributed by atoms with Crippen molar-refractivity contribution >= 4 is 27.8 Å². The standard InChI is InChI=1S/C27H28N4O3/c1-4-27(2,3)17-13-14-22-20(15-17)24(18-9-5-7-11-21(18)28-22)26(33)34-16-31-25(32)19-10-6-8-12-23(19)29-30-31/h5-12,17H,4,13-16H2,1-3H3. The summed E-state index contributed by atoms with van der Waals surface area (Å²) < 4.78 is 6.74. The van der Waals surface area contributed by atoms with E-state index in [1.807, 2.05) is 24.3 Å². The molecule has 0 saturated heterocycles. The van der Waals surface area contributed by atoms with Crippen molar-refractivity contribution in [2.75, 3.05) is 0 Å². The van der Waals surface area contributed by atoms with E-state index in [-0.39, 0.29) is 17.7 Å². The fourth-order valence-corrected chi connectivity index (χ4v) is 4.88. The Morgan fingerprint density at radius 1 is 1.09 bits per heavy atom. The van der Waals surface area contributed by atoms with Crippen LogP contribution in [0.15, 0.2) is 53.3 Å². The van der Waals surface area contributed by atoms with Crippen LogP contribution < -0.4 is 5.56 Å². The predicted octanol–water partition coefficient (Wildman–Crippen LogP) is 4.70. The Morgan fingerprint density at radius 3 is 2.56 bits per heavy atom. The molecule has 1 atom stereocenters. The molecule has 0 saturated carbocycles. The van der Waals surface area contributed by atoms with Gasteiger partial charge in [-0.3, -0.25) is 9.78 Å². The van der Waals surface area contributed by atoms with Gasteiger partial charge < -0.3 is 4.74 Å². The third-order valence-corrected chi connectivity index (χ3v) is 7.43. The van der Waals surface area contributed by atoms with Crippen molar-refractivity contribution in [2.45, 2.75) is 53.2 Å². The molecular weight excluding hydrogens is 428 g/mol. The van der Waals surface area contributed by atoms with Crippen molar-refractivity contribution in [3.63, 3.8) is 0 Å². The number of carbonyl (C=O) groups is 1. The summed E-state index contributed by atoms with van der Waals surface area (Å²) in [6.45, 7) is 6.50. The van der Waals surface area contributed by atoms with Crippen LogP contribution in [0.4, 0.5) is 0 Å². The zero-order chi connectivity index (χ0) is 23.9. The summed E-state index contributed by atoms with van der Waals surface area (Å²) in [7, 11) is 0. The average molecular weight is 457 g/mol. The monoisotopic (exact) mass is 456 g/mol. The van der Waals surface area contributed by atoms with Gasteiger partial charge in [0, 0.05) is 11.1 Å². The van der Waals surface area contributed by atoms with Crippen molar-refractivity contribution < 1.29 is 9.53 Å². The zero-order valence-corrected chi connectivity index (χ0v) is 19.7. The van der Waals surface area contributed by atoms with Gasteiger partial charge in [0.25, 0.3) is 5.56 Å². The van der Waals surface area contributed by atoms with Crippen molar-refractivity contribution in [3.8, 4) is 0 Å². The molecular formula is C27H28N4O3. The summed E-state index contributed by atoms with van der Waals surface area (Å²) in [4.78, 5) is 31.1. The molecule has 0 spiro atoms. The van der Waals surface area contributed by atoms with Crippen LogP contribution >= 0.6 is 0 Å². The van der Waals surface area contributed by atoms with E-state index in [0.29, 0.717) is 22.4 Å². The highest BCUT2D eigenvalue weighted by Crippen LogP contribution is 2.41. The van der Waals surface area contributed by atoms with Gasteiger partial charge in [0.1, 0.15) is 5.52 Å². The number of aryl methyl sites for hydroxylation is 1. The van der Waals surface area contributed by atoms with E-state index in [1.54, 1.807) is 24.3 Å². The van der Waals surface area contributed by atoms with Crippen LogP contribution in [-0.2, 0) is 24.3 Å². The number of hydrogen-bond acceptors (Lipinski definition) is 6. The Hall–Kier alpha value is -3.61. The quantitative estimate of drug-likeness (QED) is 0.405. The molecule has 0 radical (unpaired) electrons. The molecule has 0 fully saturated rings. The second-order valence-corrected chi connectivity index (χ2v) is 9.68.